The molecular formula is C23H27N3O6S. The quantitative estimate of drug-likeness (QED) is 0.542. The van der Waals surface area contributed by atoms with E-state index in [0.717, 1.165) is 0 Å². The van der Waals surface area contributed by atoms with E-state index in [0.29, 0.717) is 16.9 Å². The van der Waals surface area contributed by atoms with E-state index in [2.05, 4.69) is 10.6 Å². The molecule has 3 atom stereocenters. The molecule has 10 heteroatoms. The first-order valence-corrected chi connectivity index (χ1v) is 11.5. The van der Waals surface area contributed by atoms with Gasteiger partial charge in [-0.15, -0.1) is 11.8 Å². The minimum Gasteiger partial charge on any atom is -0.477 e. The normalized spacial score (nSPS) is 21.2. The van der Waals surface area contributed by atoms with Crippen LogP contribution in [0.1, 0.15) is 39.3 Å². The van der Waals surface area contributed by atoms with Crippen LogP contribution in [-0.2, 0) is 19.1 Å². The second-order valence-corrected chi connectivity index (χ2v) is 9.67. The zero-order chi connectivity index (χ0) is 24.3. The van der Waals surface area contributed by atoms with Crippen molar-refractivity contribution in [1.29, 1.82) is 0 Å². The number of carbonyl (C=O) groups excluding carboxylic acids is 3. The number of carboxylic acids is 1. The van der Waals surface area contributed by atoms with E-state index >= 15 is 0 Å². The van der Waals surface area contributed by atoms with E-state index < -0.39 is 46.9 Å². The second-order valence-electron chi connectivity index (χ2n) is 8.56. The van der Waals surface area contributed by atoms with Crippen LogP contribution >= 0.6 is 11.8 Å². The van der Waals surface area contributed by atoms with Gasteiger partial charge in [-0.2, -0.15) is 0 Å². The van der Waals surface area contributed by atoms with Crippen molar-refractivity contribution in [2.75, 3.05) is 5.75 Å². The highest BCUT2D eigenvalue weighted by Gasteiger charge is 2.54. The Morgan fingerprint density at radius 3 is 2.48 bits per heavy atom. The molecule has 3 amide bonds. The number of ether oxygens (including phenoxy) is 1. The fourth-order valence-electron chi connectivity index (χ4n) is 3.58. The topological polar surface area (TPSA) is 125 Å². The molecule has 0 aliphatic carbocycles. The Balaban J connectivity index is 1.79. The van der Waals surface area contributed by atoms with E-state index in [1.165, 1.54) is 16.7 Å². The molecule has 1 unspecified atom stereocenters. The van der Waals surface area contributed by atoms with Gasteiger partial charge in [0.05, 0.1) is 0 Å². The monoisotopic (exact) mass is 473 g/mol. The fraction of sp³-hybridized carbons (Fsp3) is 0.391. The van der Waals surface area contributed by atoms with Gasteiger partial charge < -0.3 is 20.5 Å². The summed E-state index contributed by atoms with van der Waals surface area (Å²) >= 11 is 1.37. The number of fused-ring (bicyclic) bond motifs is 1. The van der Waals surface area contributed by atoms with Gasteiger partial charge in [-0.3, -0.25) is 14.5 Å². The van der Waals surface area contributed by atoms with Crippen molar-refractivity contribution < 1.29 is 29.0 Å². The summed E-state index contributed by atoms with van der Waals surface area (Å²) in [6.45, 7) is 6.90. The lowest BCUT2D eigenvalue weighted by Gasteiger charge is -2.49. The molecule has 0 radical (unpaired) electrons. The molecule has 0 aromatic heterocycles. The van der Waals surface area contributed by atoms with Gasteiger partial charge in [0.15, 0.2) is 0 Å². The van der Waals surface area contributed by atoms with Crippen LogP contribution in [0.25, 0.3) is 0 Å². The maximum absolute atomic E-state index is 13.1. The number of aliphatic carboxylic acids is 1. The molecule has 176 valence electrons. The summed E-state index contributed by atoms with van der Waals surface area (Å²) in [5.41, 5.74) is 0.231. The van der Waals surface area contributed by atoms with Crippen LogP contribution in [0.15, 0.2) is 53.8 Å². The van der Waals surface area contributed by atoms with Gasteiger partial charge in [-0.05, 0) is 38.8 Å². The minimum atomic E-state index is -1.19. The Morgan fingerprint density at radius 1 is 1.24 bits per heavy atom. The summed E-state index contributed by atoms with van der Waals surface area (Å²) in [5, 5.41) is 14.3. The van der Waals surface area contributed by atoms with Crippen LogP contribution in [0.4, 0.5) is 4.79 Å². The molecule has 1 saturated heterocycles. The van der Waals surface area contributed by atoms with Crippen molar-refractivity contribution in [3.05, 3.63) is 59.3 Å². The second kappa shape index (κ2) is 9.70. The smallest absolute Gasteiger partial charge is 0.408 e. The van der Waals surface area contributed by atoms with Crippen molar-refractivity contribution >= 4 is 35.6 Å². The lowest BCUT2D eigenvalue weighted by atomic mass is 10.0. The zero-order valence-electron chi connectivity index (χ0n) is 18.8. The van der Waals surface area contributed by atoms with Crippen molar-refractivity contribution in [2.45, 2.75) is 50.8 Å². The van der Waals surface area contributed by atoms with E-state index in [-0.39, 0.29) is 5.70 Å². The van der Waals surface area contributed by atoms with Crippen molar-refractivity contribution in [3.8, 4) is 0 Å². The molecule has 3 N–H and O–H groups in total. The van der Waals surface area contributed by atoms with E-state index in [9.17, 15) is 24.3 Å². The number of thioether (sulfide) groups is 1. The molecule has 2 heterocycles. The summed E-state index contributed by atoms with van der Waals surface area (Å²) in [4.78, 5) is 51.3. The molecule has 9 nitrogen and oxygen atoms in total. The number of rotatable bonds is 6. The summed E-state index contributed by atoms with van der Waals surface area (Å²) in [7, 11) is 0. The molecule has 1 aromatic carbocycles. The summed E-state index contributed by atoms with van der Waals surface area (Å²) in [5.74, 6) is -1.90. The van der Waals surface area contributed by atoms with Gasteiger partial charge in [0, 0.05) is 5.75 Å². The largest absolute Gasteiger partial charge is 0.477 e. The van der Waals surface area contributed by atoms with Crippen LogP contribution in [-0.4, -0.2) is 56.7 Å². The van der Waals surface area contributed by atoms with Crippen molar-refractivity contribution in [1.82, 2.24) is 15.5 Å². The Labute approximate surface area is 196 Å². The van der Waals surface area contributed by atoms with Crippen molar-refractivity contribution in [2.24, 2.45) is 0 Å². The highest BCUT2D eigenvalue weighted by molar-refractivity contribution is 8.00. The number of nitrogens with zero attached hydrogens (tertiary/aromatic N) is 1. The Bertz CT molecular complexity index is 1010. The van der Waals surface area contributed by atoms with Crippen LogP contribution in [0.2, 0.25) is 0 Å². The summed E-state index contributed by atoms with van der Waals surface area (Å²) < 4.78 is 5.28. The Kier molecular flexibility index (Phi) is 7.16. The molecule has 0 spiro atoms. The number of hydrogen-bond donors (Lipinski definition) is 3. The van der Waals surface area contributed by atoms with Crippen molar-refractivity contribution in [3.63, 3.8) is 0 Å². The number of hydrogen-bond acceptors (Lipinski definition) is 6. The van der Waals surface area contributed by atoms with E-state index in [1.54, 1.807) is 70.2 Å². The van der Waals surface area contributed by atoms with Crippen LogP contribution in [0.5, 0.6) is 0 Å². The van der Waals surface area contributed by atoms with E-state index in [4.69, 9.17) is 4.74 Å². The molecule has 33 heavy (non-hydrogen) atoms. The SMILES string of the molecule is CC=CC1=C(C(=O)O)N2C(=O)[C@@H](NC(=O)C(NC(=O)OC(C)(C)C)c3ccccc3)[C@@H]2SC1. The van der Waals surface area contributed by atoms with Gasteiger partial charge >= 0.3 is 12.1 Å². The third kappa shape index (κ3) is 5.39. The minimum absolute atomic E-state index is 0.0705. The fourth-order valence-corrected chi connectivity index (χ4v) is 4.90. The average Bonchev–Trinajstić information content (AvgIpc) is 2.74. The number of nitrogens with one attached hydrogen (secondary N) is 2. The standard InChI is InChI=1S/C23H27N3O6S/c1-5-9-14-12-33-20-16(19(28)26(20)17(14)21(29)30)24-18(27)15(13-10-7-6-8-11-13)25-22(31)32-23(2,3)4/h5-11,15-16,20H,12H2,1-4H3,(H,24,27)(H,25,31)(H,29,30)/t15?,16-,20+/m1/s1. The molecule has 1 fully saturated rings. The number of benzene rings is 1. The van der Waals surface area contributed by atoms with Gasteiger partial charge in [-0.25, -0.2) is 9.59 Å². The average molecular weight is 474 g/mol. The summed E-state index contributed by atoms with van der Waals surface area (Å²) in [6, 6.07) is 6.60. The number of β-lactam (4-membered cyclic amide) rings is 1. The first-order valence-electron chi connectivity index (χ1n) is 10.4. The highest BCUT2D eigenvalue weighted by atomic mass is 32.2. The van der Waals surface area contributed by atoms with Gasteiger partial charge in [0.25, 0.3) is 5.91 Å². The molecule has 0 saturated carbocycles. The lowest BCUT2D eigenvalue weighted by molar-refractivity contribution is -0.150. The maximum atomic E-state index is 13.1. The number of allylic oxidation sites excluding steroid dienone is 2. The van der Waals surface area contributed by atoms with E-state index in [1.807, 2.05) is 0 Å². The number of alkyl carbamates (subject to hydrolysis) is 1. The number of carbonyl (C=O) groups is 4. The molecule has 2 aliphatic rings. The van der Waals surface area contributed by atoms with Gasteiger partial charge in [0.2, 0.25) is 5.91 Å². The first-order chi connectivity index (χ1) is 15.5. The lowest BCUT2D eigenvalue weighted by Crippen LogP contribution is -2.71. The third-order valence-corrected chi connectivity index (χ3v) is 6.22. The molecule has 0 bridgehead atoms. The van der Waals surface area contributed by atoms with Crippen LogP contribution in [0.3, 0.4) is 0 Å². The van der Waals surface area contributed by atoms with Crippen LogP contribution < -0.4 is 10.6 Å². The Morgan fingerprint density at radius 2 is 1.91 bits per heavy atom. The Hall–Kier alpha value is -3.27. The number of carboxylic acid groups (broad SMARTS) is 1. The zero-order valence-corrected chi connectivity index (χ0v) is 19.6. The molecular weight excluding hydrogens is 446 g/mol. The maximum Gasteiger partial charge on any atom is 0.408 e. The third-order valence-electron chi connectivity index (χ3n) is 4.92. The highest BCUT2D eigenvalue weighted by Crippen LogP contribution is 2.40. The summed E-state index contributed by atoms with van der Waals surface area (Å²) in [6.07, 6.45) is 2.62. The predicted molar refractivity (Wildman–Crippen MR) is 123 cm³/mol. The molecule has 1 aromatic rings. The molecule has 2 aliphatic heterocycles. The number of amides is 3. The van der Waals surface area contributed by atoms with Gasteiger partial charge in [-0.1, -0.05) is 42.5 Å². The van der Waals surface area contributed by atoms with Crippen LogP contribution in [0, 0.1) is 0 Å². The predicted octanol–water partition coefficient (Wildman–Crippen LogP) is 2.57. The first kappa shape index (κ1) is 24.4. The van der Waals surface area contributed by atoms with Gasteiger partial charge in [0.1, 0.15) is 28.8 Å². The molecule has 3 rings (SSSR count).